The summed E-state index contributed by atoms with van der Waals surface area (Å²) >= 11 is 0. The second-order valence-corrected chi connectivity index (χ2v) is 5.76. The molecule has 23 heavy (non-hydrogen) atoms. The standard InChI is InChI=1S/C16H22FN3O3/c1-19(11-15(18)21)9-13-10-20(6-7-23-13)16(22)8-12-4-2-3-5-14(12)17/h2-5,13H,6-11H2,1H3,(H2,18,21)/t13-/m1/s1. The van der Waals surface area contributed by atoms with Gasteiger partial charge in [0.1, 0.15) is 5.82 Å². The van der Waals surface area contributed by atoms with Crippen molar-refractivity contribution < 1.29 is 18.7 Å². The molecule has 0 unspecified atom stereocenters. The summed E-state index contributed by atoms with van der Waals surface area (Å²) in [6.07, 6.45) is -0.144. The highest BCUT2D eigenvalue weighted by Gasteiger charge is 2.25. The van der Waals surface area contributed by atoms with Crippen LogP contribution in [0.1, 0.15) is 5.56 Å². The molecule has 0 spiro atoms. The minimum atomic E-state index is -0.407. The third-order valence-corrected chi connectivity index (χ3v) is 3.73. The average Bonchev–Trinajstić information content (AvgIpc) is 2.49. The zero-order valence-electron chi connectivity index (χ0n) is 13.2. The first-order chi connectivity index (χ1) is 11.0. The molecule has 0 saturated carbocycles. The first-order valence-corrected chi connectivity index (χ1v) is 7.55. The van der Waals surface area contributed by atoms with Crippen LogP contribution in [-0.2, 0) is 20.7 Å². The van der Waals surface area contributed by atoms with Crippen LogP contribution in [0, 0.1) is 5.82 Å². The van der Waals surface area contributed by atoms with Gasteiger partial charge >= 0.3 is 0 Å². The van der Waals surface area contributed by atoms with E-state index in [4.69, 9.17) is 10.5 Å². The third kappa shape index (κ3) is 5.30. The maximum absolute atomic E-state index is 13.6. The Kier molecular flexibility index (Phi) is 6.06. The van der Waals surface area contributed by atoms with Crippen LogP contribution in [0.4, 0.5) is 4.39 Å². The molecule has 1 aromatic carbocycles. The van der Waals surface area contributed by atoms with Crippen molar-refractivity contribution in [1.29, 1.82) is 0 Å². The van der Waals surface area contributed by atoms with Gasteiger partial charge in [0.25, 0.3) is 0 Å². The summed E-state index contributed by atoms with van der Waals surface area (Å²) in [5.41, 5.74) is 5.55. The molecule has 0 bridgehead atoms. The number of morpholine rings is 1. The van der Waals surface area contributed by atoms with E-state index in [2.05, 4.69) is 0 Å². The highest BCUT2D eigenvalue weighted by atomic mass is 19.1. The fourth-order valence-electron chi connectivity index (χ4n) is 2.65. The summed E-state index contributed by atoms with van der Waals surface area (Å²) in [5.74, 6) is -0.899. The summed E-state index contributed by atoms with van der Waals surface area (Å²) in [6, 6.07) is 6.28. The van der Waals surface area contributed by atoms with E-state index in [1.54, 1.807) is 35.0 Å². The Bertz CT molecular complexity index is 567. The third-order valence-electron chi connectivity index (χ3n) is 3.73. The van der Waals surface area contributed by atoms with Gasteiger partial charge in [-0.05, 0) is 18.7 Å². The van der Waals surface area contributed by atoms with Crippen molar-refractivity contribution in [3.63, 3.8) is 0 Å². The smallest absolute Gasteiger partial charge is 0.231 e. The molecule has 126 valence electrons. The molecule has 1 fully saturated rings. The number of likely N-dealkylation sites (N-methyl/N-ethyl adjacent to an activating group) is 1. The van der Waals surface area contributed by atoms with E-state index in [9.17, 15) is 14.0 Å². The predicted molar refractivity (Wildman–Crippen MR) is 83.1 cm³/mol. The Balaban J connectivity index is 1.89. The predicted octanol–water partition coefficient (Wildman–Crippen LogP) is 0.0127. The molecule has 7 heteroatoms. The van der Waals surface area contributed by atoms with Crippen LogP contribution in [0.3, 0.4) is 0 Å². The van der Waals surface area contributed by atoms with Gasteiger partial charge in [0.2, 0.25) is 11.8 Å². The van der Waals surface area contributed by atoms with Gasteiger partial charge in [-0.2, -0.15) is 0 Å². The molecule has 1 aliphatic rings. The van der Waals surface area contributed by atoms with Gasteiger partial charge in [0.15, 0.2) is 0 Å². The average molecular weight is 323 g/mol. The number of ether oxygens (including phenoxy) is 1. The second kappa shape index (κ2) is 8.03. The maximum Gasteiger partial charge on any atom is 0.231 e. The lowest BCUT2D eigenvalue weighted by Crippen LogP contribution is -2.50. The van der Waals surface area contributed by atoms with Crippen LogP contribution < -0.4 is 5.73 Å². The monoisotopic (exact) mass is 323 g/mol. The lowest BCUT2D eigenvalue weighted by Gasteiger charge is -2.34. The van der Waals surface area contributed by atoms with Crippen LogP contribution in [-0.4, -0.2) is 67.6 Å². The molecule has 6 nitrogen and oxygen atoms in total. The van der Waals surface area contributed by atoms with E-state index in [0.717, 1.165) is 0 Å². The zero-order chi connectivity index (χ0) is 16.8. The number of nitrogens with zero attached hydrogens (tertiary/aromatic N) is 2. The summed E-state index contributed by atoms with van der Waals surface area (Å²) in [5, 5.41) is 0. The van der Waals surface area contributed by atoms with E-state index in [1.165, 1.54) is 6.07 Å². The molecule has 0 radical (unpaired) electrons. The molecule has 0 aliphatic carbocycles. The highest BCUT2D eigenvalue weighted by Crippen LogP contribution is 2.12. The summed E-state index contributed by atoms with van der Waals surface area (Å²) < 4.78 is 19.3. The first-order valence-electron chi connectivity index (χ1n) is 7.55. The van der Waals surface area contributed by atoms with Crippen LogP contribution >= 0.6 is 0 Å². The van der Waals surface area contributed by atoms with Crippen molar-refractivity contribution in [3.8, 4) is 0 Å². The van der Waals surface area contributed by atoms with Gasteiger partial charge in [-0.25, -0.2) is 4.39 Å². The van der Waals surface area contributed by atoms with Crippen LogP contribution in [0.15, 0.2) is 24.3 Å². The number of carbonyl (C=O) groups is 2. The molecule has 1 saturated heterocycles. The van der Waals surface area contributed by atoms with Gasteiger partial charge in [-0.1, -0.05) is 18.2 Å². The topological polar surface area (TPSA) is 75.9 Å². The van der Waals surface area contributed by atoms with Crippen molar-refractivity contribution in [1.82, 2.24) is 9.80 Å². The van der Waals surface area contributed by atoms with E-state index in [1.807, 2.05) is 0 Å². The summed E-state index contributed by atoms with van der Waals surface area (Å²) in [7, 11) is 1.77. The number of amides is 2. The van der Waals surface area contributed by atoms with Crippen molar-refractivity contribution in [3.05, 3.63) is 35.6 Å². The molecule has 2 amide bonds. The summed E-state index contributed by atoms with van der Waals surface area (Å²) in [4.78, 5) is 26.7. The maximum atomic E-state index is 13.6. The molecule has 2 rings (SSSR count). The number of primary amides is 1. The molecule has 1 atom stereocenters. The van der Waals surface area contributed by atoms with Crippen molar-refractivity contribution >= 4 is 11.8 Å². The van der Waals surface area contributed by atoms with Gasteiger partial charge in [0, 0.05) is 19.6 Å². The number of hydrogen-bond donors (Lipinski definition) is 1. The van der Waals surface area contributed by atoms with Crippen LogP contribution in [0.2, 0.25) is 0 Å². The normalized spacial score (nSPS) is 18.2. The van der Waals surface area contributed by atoms with Crippen molar-refractivity contribution in [2.75, 3.05) is 39.8 Å². The Labute approximate surface area is 135 Å². The zero-order valence-corrected chi connectivity index (χ0v) is 13.2. The van der Waals surface area contributed by atoms with Crippen molar-refractivity contribution in [2.24, 2.45) is 5.73 Å². The Morgan fingerprint density at radius 1 is 1.43 bits per heavy atom. The van der Waals surface area contributed by atoms with Crippen LogP contribution in [0.5, 0.6) is 0 Å². The molecular formula is C16H22FN3O3. The highest BCUT2D eigenvalue weighted by molar-refractivity contribution is 5.79. The number of halogens is 1. The second-order valence-electron chi connectivity index (χ2n) is 5.76. The van der Waals surface area contributed by atoms with Gasteiger partial charge in [-0.15, -0.1) is 0 Å². The molecule has 2 N–H and O–H groups in total. The lowest BCUT2D eigenvalue weighted by atomic mass is 10.1. The summed E-state index contributed by atoms with van der Waals surface area (Å²) in [6.45, 7) is 1.99. The molecule has 0 aromatic heterocycles. The van der Waals surface area contributed by atoms with E-state index in [-0.39, 0.29) is 30.8 Å². The van der Waals surface area contributed by atoms with Gasteiger partial charge in [0.05, 0.1) is 25.7 Å². The van der Waals surface area contributed by atoms with Gasteiger partial charge < -0.3 is 15.4 Å². The fourth-order valence-corrected chi connectivity index (χ4v) is 2.65. The minimum Gasteiger partial charge on any atom is -0.373 e. The number of nitrogens with two attached hydrogens (primary N) is 1. The quantitative estimate of drug-likeness (QED) is 0.800. The molecule has 1 aliphatic heterocycles. The van der Waals surface area contributed by atoms with Crippen LogP contribution in [0.25, 0.3) is 0 Å². The van der Waals surface area contributed by atoms with Crippen molar-refractivity contribution in [2.45, 2.75) is 12.5 Å². The van der Waals surface area contributed by atoms with E-state index < -0.39 is 5.91 Å². The Morgan fingerprint density at radius 2 is 2.17 bits per heavy atom. The molecule has 1 aromatic rings. The van der Waals surface area contributed by atoms with E-state index in [0.29, 0.717) is 31.8 Å². The number of hydrogen-bond acceptors (Lipinski definition) is 4. The molecule has 1 heterocycles. The number of benzene rings is 1. The number of carbonyl (C=O) groups excluding carboxylic acids is 2. The largest absolute Gasteiger partial charge is 0.373 e. The van der Waals surface area contributed by atoms with E-state index >= 15 is 0 Å². The fraction of sp³-hybridized carbons (Fsp3) is 0.500. The van der Waals surface area contributed by atoms with Gasteiger partial charge in [-0.3, -0.25) is 14.5 Å². The lowest BCUT2D eigenvalue weighted by molar-refractivity contribution is -0.139. The Hall–Kier alpha value is -1.99. The minimum absolute atomic E-state index is 0.0382. The SMILES string of the molecule is CN(CC(N)=O)C[C@@H]1CN(C(=O)Cc2ccccc2F)CCO1. The Morgan fingerprint density at radius 3 is 2.87 bits per heavy atom. The first kappa shape index (κ1) is 17.4. The number of rotatable bonds is 6. The molecular weight excluding hydrogens is 301 g/mol.